The highest BCUT2D eigenvalue weighted by Crippen LogP contribution is 2.25. The summed E-state index contributed by atoms with van der Waals surface area (Å²) in [6, 6.07) is 4.35. The predicted octanol–water partition coefficient (Wildman–Crippen LogP) is 4.08. The molecule has 2 rings (SSSR count). The van der Waals surface area contributed by atoms with Crippen LogP contribution in [-0.2, 0) is 10.5 Å². The van der Waals surface area contributed by atoms with Crippen molar-refractivity contribution in [2.24, 2.45) is 0 Å². The topological polar surface area (TPSA) is 29.1 Å². The lowest BCUT2D eigenvalue weighted by molar-refractivity contribution is -0.119. The Balaban J connectivity index is 1.62. The smallest absolute Gasteiger partial charge is 0.230 e. The van der Waals surface area contributed by atoms with Crippen molar-refractivity contribution in [2.45, 2.75) is 43.9 Å². The number of nitrogens with one attached hydrogen (secondary N) is 1. The average Bonchev–Trinajstić information content (AvgIpc) is 2.76. The number of amides is 1. The van der Waals surface area contributed by atoms with Crippen LogP contribution in [0.4, 0.5) is 0 Å². The van der Waals surface area contributed by atoms with Gasteiger partial charge in [0, 0.05) is 16.7 Å². The molecule has 1 amide bonds. The average molecular weight is 304 g/mol. The van der Waals surface area contributed by atoms with Crippen LogP contribution in [-0.4, -0.2) is 17.7 Å². The highest BCUT2D eigenvalue weighted by molar-refractivity contribution is 7.99. The number of rotatable bonds is 5. The lowest BCUT2D eigenvalue weighted by Crippen LogP contribution is -2.37. The molecule has 1 aliphatic rings. The maximum absolute atomic E-state index is 11.8. The van der Waals surface area contributed by atoms with E-state index >= 15 is 0 Å². The van der Waals surface area contributed by atoms with Crippen molar-refractivity contribution < 1.29 is 4.79 Å². The van der Waals surface area contributed by atoms with Gasteiger partial charge in [-0.2, -0.15) is 0 Å². The lowest BCUT2D eigenvalue weighted by atomic mass is 9.95. The van der Waals surface area contributed by atoms with E-state index in [9.17, 15) is 4.79 Å². The van der Waals surface area contributed by atoms with Crippen LogP contribution < -0.4 is 5.32 Å². The maximum Gasteiger partial charge on any atom is 0.230 e. The highest BCUT2D eigenvalue weighted by atomic mass is 35.5. The molecule has 1 aliphatic carbocycles. The largest absolute Gasteiger partial charge is 0.353 e. The normalized spacial score (nSPS) is 16.7. The molecule has 18 heavy (non-hydrogen) atoms. The van der Waals surface area contributed by atoms with Crippen molar-refractivity contribution in [3.63, 3.8) is 0 Å². The van der Waals surface area contributed by atoms with Gasteiger partial charge in [0.1, 0.15) is 0 Å². The van der Waals surface area contributed by atoms with Gasteiger partial charge in [-0.05, 0) is 25.0 Å². The molecule has 0 aliphatic heterocycles. The number of thiophene rings is 1. The molecule has 0 saturated heterocycles. The number of halogens is 1. The standard InChI is InChI=1S/C13H18ClNOS2/c14-12-7-6-11(18-12)8-17-9-13(16)15-10-4-2-1-3-5-10/h6-7,10H,1-5,8-9H2,(H,15,16). The molecule has 5 heteroatoms. The van der Waals surface area contributed by atoms with Gasteiger partial charge < -0.3 is 5.32 Å². The summed E-state index contributed by atoms with van der Waals surface area (Å²) in [4.78, 5) is 13.0. The van der Waals surface area contributed by atoms with Gasteiger partial charge >= 0.3 is 0 Å². The summed E-state index contributed by atoms with van der Waals surface area (Å²) in [7, 11) is 0. The molecule has 1 aromatic rings. The van der Waals surface area contributed by atoms with Crippen LogP contribution >= 0.6 is 34.7 Å². The fraction of sp³-hybridized carbons (Fsp3) is 0.615. The van der Waals surface area contributed by atoms with Crippen LogP contribution in [0.25, 0.3) is 0 Å². The Morgan fingerprint density at radius 2 is 2.17 bits per heavy atom. The van der Waals surface area contributed by atoms with Crippen molar-refractivity contribution in [3.8, 4) is 0 Å². The third-order valence-corrected chi connectivity index (χ3v) is 5.47. The minimum atomic E-state index is 0.176. The molecule has 100 valence electrons. The quantitative estimate of drug-likeness (QED) is 0.888. The fourth-order valence-corrected chi connectivity index (χ4v) is 4.23. The Bertz CT molecular complexity index is 388. The summed E-state index contributed by atoms with van der Waals surface area (Å²) >= 11 is 9.10. The van der Waals surface area contributed by atoms with Gasteiger partial charge in [0.05, 0.1) is 10.1 Å². The van der Waals surface area contributed by atoms with Crippen LogP contribution in [0.2, 0.25) is 4.34 Å². The second-order valence-corrected chi connectivity index (χ2v) is 7.39. The van der Waals surface area contributed by atoms with E-state index in [-0.39, 0.29) is 5.91 Å². The van der Waals surface area contributed by atoms with Gasteiger partial charge in [-0.25, -0.2) is 0 Å². The zero-order chi connectivity index (χ0) is 12.8. The van der Waals surface area contributed by atoms with E-state index in [1.165, 1.54) is 24.1 Å². The van der Waals surface area contributed by atoms with Crippen LogP contribution in [0.15, 0.2) is 12.1 Å². The van der Waals surface area contributed by atoms with Gasteiger partial charge in [-0.1, -0.05) is 30.9 Å². The summed E-state index contributed by atoms with van der Waals surface area (Å²) < 4.78 is 0.817. The summed E-state index contributed by atoms with van der Waals surface area (Å²) in [5, 5.41) is 3.13. The summed E-state index contributed by atoms with van der Waals surface area (Å²) in [6.45, 7) is 0. The Kier molecular flexibility index (Phi) is 5.86. The second-order valence-electron chi connectivity index (χ2n) is 4.60. The van der Waals surface area contributed by atoms with E-state index in [0.29, 0.717) is 11.8 Å². The number of thioether (sulfide) groups is 1. The summed E-state index contributed by atoms with van der Waals surface area (Å²) in [5.41, 5.74) is 0. The zero-order valence-electron chi connectivity index (χ0n) is 10.3. The van der Waals surface area contributed by atoms with Crippen LogP contribution in [0.3, 0.4) is 0 Å². The van der Waals surface area contributed by atoms with Crippen molar-refractivity contribution >= 4 is 40.6 Å². The minimum absolute atomic E-state index is 0.176. The Hall–Kier alpha value is -0.190. The number of carbonyl (C=O) groups excluding carboxylic acids is 1. The predicted molar refractivity (Wildman–Crippen MR) is 80.5 cm³/mol. The monoisotopic (exact) mass is 303 g/mol. The van der Waals surface area contributed by atoms with E-state index in [1.807, 2.05) is 12.1 Å². The van der Waals surface area contributed by atoms with E-state index < -0.39 is 0 Å². The first-order chi connectivity index (χ1) is 8.74. The first-order valence-electron chi connectivity index (χ1n) is 6.35. The van der Waals surface area contributed by atoms with E-state index in [4.69, 9.17) is 11.6 Å². The molecule has 2 nitrogen and oxygen atoms in total. The van der Waals surface area contributed by atoms with Crippen molar-refractivity contribution in [1.29, 1.82) is 0 Å². The van der Waals surface area contributed by atoms with Gasteiger partial charge in [-0.3, -0.25) is 4.79 Å². The number of hydrogen-bond acceptors (Lipinski definition) is 3. The molecule has 0 aromatic carbocycles. The minimum Gasteiger partial charge on any atom is -0.353 e. The summed E-state index contributed by atoms with van der Waals surface area (Å²) in [6.07, 6.45) is 6.13. The van der Waals surface area contributed by atoms with Crippen molar-refractivity contribution in [3.05, 3.63) is 21.3 Å². The molecule has 0 radical (unpaired) electrons. The third-order valence-electron chi connectivity index (χ3n) is 3.08. The fourth-order valence-electron chi connectivity index (χ4n) is 2.19. The van der Waals surface area contributed by atoms with E-state index in [2.05, 4.69) is 5.32 Å². The number of carbonyl (C=O) groups is 1. The molecular weight excluding hydrogens is 286 g/mol. The molecule has 1 aromatic heterocycles. The van der Waals surface area contributed by atoms with Gasteiger partial charge in [-0.15, -0.1) is 23.1 Å². The molecule has 1 fully saturated rings. The molecule has 0 spiro atoms. The van der Waals surface area contributed by atoms with Crippen LogP contribution in [0.5, 0.6) is 0 Å². The number of hydrogen-bond donors (Lipinski definition) is 1. The van der Waals surface area contributed by atoms with Gasteiger partial charge in [0.2, 0.25) is 5.91 Å². The first-order valence-corrected chi connectivity index (χ1v) is 8.70. The van der Waals surface area contributed by atoms with Crippen LogP contribution in [0.1, 0.15) is 37.0 Å². The highest BCUT2D eigenvalue weighted by Gasteiger charge is 2.15. The molecule has 0 bridgehead atoms. The molecule has 0 atom stereocenters. The third kappa shape index (κ3) is 4.82. The van der Waals surface area contributed by atoms with Gasteiger partial charge in [0.15, 0.2) is 0 Å². The Morgan fingerprint density at radius 3 is 2.83 bits per heavy atom. The lowest BCUT2D eigenvalue weighted by Gasteiger charge is -2.22. The second kappa shape index (κ2) is 7.41. The van der Waals surface area contributed by atoms with Crippen LogP contribution in [0, 0.1) is 0 Å². The maximum atomic E-state index is 11.8. The molecule has 1 heterocycles. The SMILES string of the molecule is O=C(CSCc1ccc(Cl)s1)NC1CCCCC1. The van der Waals surface area contributed by atoms with E-state index in [0.717, 1.165) is 22.9 Å². The molecule has 0 unspecified atom stereocenters. The molecular formula is C13H18ClNOS2. The van der Waals surface area contributed by atoms with Gasteiger partial charge in [0.25, 0.3) is 0 Å². The summed E-state index contributed by atoms with van der Waals surface area (Å²) in [5.74, 6) is 1.59. The zero-order valence-corrected chi connectivity index (χ0v) is 12.7. The van der Waals surface area contributed by atoms with Crippen molar-refractivity contribution in [1.82, 2.24) is 5.32 Å². The van der Waals surface area contributed by atoms with Crippen molar-refractivity contribution in [2.75, 3.05) is 5.75 Å². The molecule has 1 N–H and O–H groups in total. The molecule has 1 saturated carbocycles. The Morgan fingerprint density at radius 1 is 1.39 bits per heavy atom. The first kappa shape index (κ1) is 14.2. The van der Waals surface area contributed by atoms with E-state index in [1.54, 1.807) is 23.1 Å². The Labute approximate surface area is 121 Å².